The number of aliphatic hydroxyl groups is 1. The maximum absolute atomic E-state index is 11.4. The molecule has 0 aliphatic heterocycles. The Morgan fingerprint density at radius 3 is 1.92 bits per heavy atom. The zero-order valence-corrected chi connectivity index (χ0v) is 13.8. The van der Waals surface area contributed by atoms with E-state index in [-0.39, 0.29) is 0 Å². The molecule has 0 fully saturated rings. The minimum absolute atomic E-state index is 0.540. The molecule has 0 amide bonds. The smallest absolute Gasteiger partial charge is 0.303 e. The molecule has 0 heterocycles. The number of ether oxygens (including phenoxy) is 4. The minimum atomic E-state index is -1.95. The minimum Gasteiger partial charge on any atom is -0.462 e. The third-order valence-electron chi connectivity index (χ3n) is 3.09. The predicted octanol–water partition coefficient (Wildman–Crippen LogP) is -0.355. The van der Waals surface area contributed by atoms with E-state index >= 15 is 0 Å². The van der Waals surface area contributed by atoms with Crippen LogP contribution >= 0.6 is 0 Å². The standard InChI is InChI=1S/C15H20O9/c1-8(16)21-7-15(20)6-5-12(22-9(2)17)13(23-10(3)18)14(15)24-11(4)19/h5-6,12-14,20H,7H2,1-4H3/t12-,13+,14-,15-/m0/s1. The number of esters is 4. The van der Waals surface area contributed by atoms with E-state index in [0.717, 1.165) is 27.7 Å². The summed E-state index contributed by atoms with van der Waals surface area (Å²) in [6.45, 7) is 3.96. The SMILES string of the molecule is CC(=O)OC[C@@]1(O)C=C[C@H](OC(C)=O)[C@@H](OC(C)=O)[C@@H]1OC(C)=O. The molecule has 0 spiro atoms. The van der Waals surface area contributed by atoms with E-state index in [4.69, 9.17) is 18.9 Å². The second kappa shape index (κ2) is 7.91. The van der Waals surface area contributed by atoms with Crippen LogP contribution in [0, 0.1) is 0 Å². The lowest BCUT2D eigenvalue weighted by molar-refractivity contribution is -0.207. The van der Waals surface area contributed by atoms with Crippen LogP contribution in [0.2, 0.25) is 0 Å². The van der Waals surface area contributed by atoms with Crippen LogP contribution in [0.15, 0.2) is 12.2 Å². The molecule has 1 N–H and O–H groups in total. The molecular weight excluding hydrogens is 324 g/mol. The zero-order valence-electron chi connectivity index (χ0n) is 13.8. The van der Waals surface area contributed by atoms with E-state index in [1.807, 2.05) is 0 Å². The van der Waals surface area contributed by atoms with Gasteiger partial charge in [0.15, 0.2) is 23.9 Å². The summed E-state index contributed by atoms with van der Waals surface area (Å²) in [5, 5.41) is 10.7. The lowest BCUT2D eigenvalue weighted by Crippen LogP contribution is -2.60. The fraction of sp³-hybridized carbons (Fsp3) is 0.600. The van der Waals surface area contributed by atoms with Crippen LogP contribution in [0.25, 0.3) is 0 Å². The normalized spacial score (nSPS) is 28.6. The summed E-state index contributed by atoms with van der Waals surface area (Å²) in [6, 6.07) is 0. The van der Waals surface area contributed by atoms with Gasteiger partial charge in [-0.15, -0.1) is 0 Å². The summed E-state index contributed by atoms with van der Waals surface area (Å²) in [5.41, 5.74) is -1.95. The molecule has 134 valence electrons. The summed E-state index contributed by atoms with van der Waals surface area (Å²) in [6.07, 6.45) is -1.36. The molecule has 24 heavy (non-hydrogen) atoms. The first-order valence-electron chi connectivity index (χ1n) is 7.12. The van der Waals surface area contributed by atoms with Gasteiger partial charge in [0, 0.05) is 27.7 Å². The van der Waals surface area contributed by atoms with Crippen molar-refractivity contribution in [1.29, 1.82) is 0 Å². The summed E-state index contributed by atoms with van der Waals surface area (Å²) in [5.74, 6) is -2.83. The number of hydrogen-bond donors (Lipinski definition) is 1. The van der Waals surface area contributed by atoms with Crippen molar-refractivity contribution in [3.63, 3.8) is 0 Å². The number of carbonyl (C=O) groups excluding carboxylic acids is 4. The maximum atomic E-state index is 11.4. The van der Waals surface area contributed by atoms with Gasteiger partial charge in [0.1, 0.15) is 6.61 Å². The van der Waals surface area contributed by atoms with Crippen LogP contribution in [-0.2, 0) is 38.1 Å². The van der Waals surface area contributed by atoms with Crippen molar-refractivity contribution in [2.45, 2.75) is 51.6 Å². The van der Waals surface area contributed by atoms with Gasteiger partial charge in [-0.3, -0.25) is 19.2 Å². The summed E-state index contributed by atoms with van der Waals surface area (Å²) >= 11 is 0. The van der Waals surface area contributed by atoms with Gasteiger partial charge in [-0.25, -0.2) is 0 Å². The summed E-state index contributed by atoms with van der Waals surface area (Å²) in [4.78, 5) is 45.0. The van der Waals surface area contributed by atoms with E-state index in [2.05, 4.69) is 0 Å². The predicted molar refractivity (Wildman–Crippen MR) is 77.4 cm³/mol. The van der Waals surface area contributed by atoms with Gasteiger partial charge in [-0.2, -0.15) is 0 Å². The lowest BCUT2D eigenvalue weighted by Gasteiger charge is -2.41. The maximum Gasteiger partial charge on any atom is 0.303 e. The third-order valence-corrected chi connectivity index (χ3v) is 3.09. The molecule has 9 nitrogen and oxygen atoms in total. The molecule has 0 aromatic heterocycles. The molecule has 0 saturated heterocycles. The van der Waals surface area contributed by atoms with E-state index in [1.54, 1.807) is 0 Å². The monoisotopic (exact) mass is 344 g/mol. The van der Waals surface area contributed by atoms with Crippen molar-refractivity contribution in [3.8, 4) is 0 Å². The molecule has 1 aliphatic carbocycles. The molecule has 4 atom stereocenters. The van der Waals surface area contributed by atoms with Gasteiger partial charge < -0.3 is 24.1 Å². The van der Waals surface area contributed by atoms with Gasteiger partial charge in [0.05, 0.1) is 0 Å². The van der Waals surface area contributed by atoms with Crippen LogP contribution < -0.4 is 0 Å². The number of rotatable bonds is 5. The summed E-state index contributed by atoms with van der Waals surface area (Å²) in [7, 11) is 0. The number of hydrogen-bond acceptors (Lipinski definition) is 9. The molecule has 0 saturated carbocycles. The molecular formula is C15H20O9. The van der Waals surface area contributed by atoms with E-state index in [1.165, 1.54) is 12.2 Å². The Hall–Kier alpha value is -2.42. The van der Waals surface area contributed by atoms with Gasteiger partial charge in [0.2, 0.25) is 0 Å². The Balaban J connectivity index is 3.22. The van der Waals surface area contributed by atoms with Crippen molar-refractivity contribution in [3.05, 3.63) is 12.2 Å². The van der Waals surface area contributed by atoms with Gasteiger partial charge >= 0.3 is 23.9 Å². The second-order valence-electron chi connectivity index (χ2n) is 5.31. The first-order chi connectivity index (χ1) is 11.0. The largest absolute Gasteiger partial charge is 0.462 e. The van der Waals surface area contributed by atoms with Crippen LogP contribution in [0.1, 0.15) is 27.7 Å². The second-order valence-corrected chi connectivity index (χ2v) is 5.31. The third kappa shape index (κ3) is 5.34. The molecule has 0 radical (unpaired) electrons. The molecule has 0 aromatic rings. The van der Waals surface area contributed by atoms with Crippen molar-refractivity contribution in [1.82, 2.24) is 0 Å². The summed E-state index contributed by atoms with van der Waals surface area (Å²) < 4.78 is 19.9. The Labute approximate surface area is 138 Å². The molecule has 1 rings (SSSR count). The van der Waals surface area contributed by atoms with Crippen molar-refractivity contribution < 1.29 is 43.2 Å². The Kier molecular flexibility index (Phi) is 6.47. The Morgan fingerprint density at radius 2 is 1.46 bits per heavy atom. The van der Waals surface area contributed by atoms with Crippen molar-refractivity contribution in [2.24, 2.45) is 0 Å². The van der Waals surface area contributed by atoms with Crippen molar-refractivity contribution in [2.75, 3.05) is 6.61 Å². The highest BCUT2D eigenvalue weighted by atomic mass is 16.6. The lowest BCUT2D eigenvalue weighted by atomic mass is 9.84. The molecule has 9 heteroatoms. The molecule has 0 aromatic carbocycles. The first kappa shape index (κ1) is 19.6. The van der Waals surface area contributed by atoms with Gasteiger partial charge in [-0.05, 0) is 12.2 Å². The highest BCUT2D eigenvalue weighted by Gasteiger charge is 2.51. The molecule has 0 bridgehead atoms. The highest BCUT2D eigenvalue weighted by molar-refractivity contribution is 5.69. The van der Waals surface area contributed by atoms with Crippen LogP contribution in [0.4, 0.5) is 0 Å². The fourth-order valence-electron chi connectivity index (χ4n) is 2.24. The van der Waals surface area contributed by atoms with Crippen LogP contribution in [0.5, 0.6) is 0 Å². The van der Waals surface area contributed by atoms with Gasteiger partial charge in [-0.1, -0.05) is 0 Å². The fourth-order valence-corrected chi connectivity index (χ4v) is 2.24. The first-order valence-corrected chi connectivity index (χ1v) is 7.12. The van der Waals surface area contributed by atoms with E-state index in [0.29, 0.717) is 0 Å². The topological polar surface area (TPSA) is 125 Å². The zero-order chi connectivity index (χ0) is 18.5. The van der Waals surface area contributed by atoms with Crippen LogP contribution in [-0.4, -0.2) is 59.5 Å². The highest BCUT2D eigenvalue weighted by Crippen LogP contribution is 2.30. The Morgan fingerprint density at radius 1 is 0.917 bits per heavy atom. The van der Waals surface area contributed by atoms with E-state index < -0.39 is 54.4 Å². The molecule has 0 unspecified atom stereocenters. The molecule has 1 aliphatic rings. The Bertz CT molecular complexity index is 553. The van der Waals surface area contributed by atoms with Crippen molar-refractivity contribution >= 4 is 23.9 Å². The van der Waals surface area contributed by atoms with Gasteiger partial charge in [0.25, 0.3) is 0 Å². The van der Waals surface area contributed by atoms with E-state index in [9.17, 15) is 24.3 Å². The number of carbonyl (C=O) groups is 4. The quantitative estimate of drug-likeness (QED) is 0.404. The van der Waals surface area contributed by atoms with Crippen LogP contribution in [0.3, 0.4) is 0 Å². The average molecular weight is 344 g/mol. The average Bonchev–Trinajstić information content (AvgIpc) is 2.43.